The van der Waals surface area contributed by atoms with E-state index in [1.165, 1.54) is 21.3 Å². The second kappa shape index (κ2) is 14.8. The molecule has 2 N–H and O–H groups in total. The van der Waals surface area contributed by atoms with E-state index >= 15 is 0 Å². The largest absolute Gasteiger partial charge is 0.458 e. The summed E-state index contributed by atoms with van der Waals surface area (Å²) in [4.78, 5) is 37.4. The third kappa shape index (κ3) is 9.50. The lowest BCUT2D eigenvalue weighted by molar-refractivity contribution is -0.158. The van der Waals surface area contributed by atoms with Crippen molar-refractivity contribution in [2.75, 3.05) is 34.5 Å². The fourth-order valence-electron chi connectivity index (χ4n) is 2.97. The minimum atomic E-state index is -4.08. The third-order valence-corrected chi connectivity index (χ3v) is 6.50. The number of halogens is 1. The van der Waals surface area contributed by atoms with Crippen LogP contribution in [0.5, 0.6) is 5.75 Å². The summed E-state index contributed by atoms with van der Waals surface area (Å²) < 4.78 is 60.3. The van der Waals surface area contributed by atoms with Crippen LogP contribution < -0.4 is 20.9 Å². The molecule has 0 saturated carbocycles. The number of benzene rings is 1. The van der Waals surface area contributed by atoms with Gasteiger partial charge in [0.25, 0.3) is 5.56 Å². The molecule has 15 heteroatoms. The number of para-hydroxylation sites is 1. The Labute approximate surface area is 212 Å². The van der Waals surface area contributed by atoms with Crippen molar-refractivity contribution in [1.29, 1.82) is 0 Å². The molecule has 3 atom stereocenters. The predicted octanol–water partition coefficient (Wildman–Crippen LogP) is 1.42. The number of carbonyl (C=O) groups excluding carboxylic acids is 1. The van der Waals surface area contributed by atoms with Crippen LogP contribution in [-0.4, -0.2) is 68.5 Å². The molecule has 0 saturated heterocycles. The Bertz CT molecular complexity index is 1160. The van der Waals surface area contributed by atoms with Crippen molar-refractivity contribution in [3.05, 3.63) is 63.2 Å². The molecule has 0 spiro atoms. The molecule has 1 heterocycles. The number of hydrogen-bond donors (Lipinski definition) is 2. The molecule has 0 amide bonds. The van der Waals surface area contributed by atoms with Gasteiger partial charge in [0, 0.05) is 27.8 Å². The Balaban J connectivity index is 2.28. The van der Waals surface area contributed by atoms with Gasteiger partial charge in [0.1, 0.15) is 18.0 Å². The van der Waals surface area contributed by atoms with E-state index in [-0.39, 0.29) is 18.7 Å². The van der Waals surface area contributed by atoms with Gasteiger partial charge in [0.15, 0.2) is 6.29 Å². The minimum absolute atomic E-state index is 0.00470. The van der Waals surface area contributed by atoms with Crippen molar-refractivity contribution in [3.63, 3.8) is 0 Å². The summed E-state index contributed by atoms with van der Waals surface area (Å²) in [5, 5.41) is 2.64. The first kappa shape index (κ1) is 30.4. The SMILES string of the molecule is CCC(=O)O[C@@H](Cn1cc(F)c(=O)[nH]c1=O)[C@@H](COP(=O)(NCC(OC)OC)Oc1ccccc1)OC. The smallest absolute Gasteiger partial charge is 0.458 e. The number of aromatic amines is 1. The normalized spacial score (nSPS) is 14.6. The topological polar surface area (TPSA) is 156 Å². The maximum Gasteiger partial charge on any atom is 0.458 e. The molecular formula is C22H31FN3O10P. The highest BCUT2D eigenvalue weighted by molar-refractivity contribution is 7.52. The van der Waals surface area contributed by atoms with Gasteiger partial charge in [0.2, 0.25) is 5.82 Å². The summed E-state index contributed by atoms with van der Waals surface area (Å²) >= 11 is 0. The predicted molar refractivity (Wildman–Crippen MR) is 129 cm³/mol. The van der Waals surface area contributed by atoms with E-state index in [0.717, 1.165) is 4.57 Å². The Kier molecular flexibility index (Phi) is 12.1. The lowest BCUT2D eigenvalue weighted by Crippen LogP contribution is -2.43. The second-order valence-corrected chi connectivity index (χ2v) is 9.26. The number of aromatic nitrogens is 2. The average molecular weight is 547 g/mol. The molecule has 37 heavy (non-hydrogen) atoms. The number of hydrogen-bond acceptors (Lipinski definition) is 10. The highest BCUT2D eigenvalue weighted by atomic mass is 31.2. The Morgan fingerprint density at radius 1 is 1.11 bits per heavy atom. The lowest BCUT2D eigenvalue weighted by atomic mass is 10.2. The van der Waals surface area contributed by atoms with E-state index in [1.807, 2.05) is 4.98 Å². The zero-order chi connectivity index (χ0) is 27.4. The molecule has 2 rings (SSSR count). The van der Waals surface area contributed by atoms with Crippen LogP contribution in [0.4, 0.5) is 4.39 Å². The number of esters is 1. The van der Waals surface area contributed by atoms with Crippen molar-refractivity contribution in [2.45, 2.75) is 38.4 Å². The third-order valence-electron chi connectivity index (χ3n) is 4.99. The molecule has 0 aliphatic rings. The Morgan fingerprint density at radius 3 is 2.38 bits per heavy atom. The highest BCUT2D eigenvalue weighted by Crippen LogP contribution is 2.44. The second-order valence-electron chi connectivity index (χ2n) is 7.51. The number of ether oxygens (including phenoxy) is 4. The fraction of sp³-hybridized carbons (Fsp3) is 0.500. The van der Waals surface area contributed by atoms with E-state index in [0.29, 0.717) is 6.20 Å². The molecule has 0 aliphatic carbocycles. The van der Waals surface area contributed by atoms with Crippen LogP contribution in [0.1, 0.15) is 13.3 Å². The van der Waals surface area contributed by atoms with Gasteiger partial charge < -0.3 is 23.5 Å². The van der Waals surface area contributed by atoms with Crippen molar-refractivity contribution in [2.24, 2.45) is 0 Å². The van der Waals surface area contributed by atoms with Gasteiger partial charge >= 0.3 is 19.4 Å². The number of carbonyl (C=O) groups is 1. The van der Waals surface area contributed by atoms with Gasteiger partial charge in [-0.1, -0.05) is 25.1 Å². The van der Waals surface area contributed by atoms with Crippen molar-refractivity contribution in [3.8, 4) is 5.75 Å². The number of rotatable bonds is 16. The van der Waals surface area contributed by atoms with Crippen LogP contribution >= 0.6 is 7.75 Å². The van der Waals surface area contributed by atoms with E-state index in [2.05, 4.69) is 5.09 Å². The van der Waals surface area contributed by atoms with E-state index in [9.17, 15) is 23.3 Å². The van der Waals surface area contributed by atoms with Crippen LogP contribution in [0.15, 0.2) is 46.1 Å². The first-order chi connectivity index (χ1) is 17.6. The highest BCUT2D eigenvalue weighted by Gasteiger charge is 2.33. The average Bonchev–Trinajstić information content (AvgIpc) is 2.88. The van der Waals surface area contributed by atoms with Crippen LogP contribution in [0.3, 0.4) is 0 Å². The quantitative estimate of drug-likeness (QED) is 0.178. The Hall–Kier alpha value is -2.87. The monoisotopic (exact) mass is 547 g/mol. The first-order valence-electron chi connectivity index (χ1n) is 11.2. The number of nitrogens with zero attached hydrogens (tertiary/aromatic N) is 1. The maximum atomic E-state index is 13.8. The van der Waals surface area contributed by atoms with Crippen LogP contribution in [0.25, 0.3) is 0 Å². The van der Waals surface area contributed by atoms with Crippen LogP contribution in [-0.2, 0) is 39.4 Å². The molecule has 0 aliphatic heterocycles. The van der Waals surface area contributed by atoms with Gasteiger partial charge in [-0.25, -0.2) is 14.4 Å². The summed E-state index contributed by atoms with van der Waals surface area (Å²) in [7, 11) is -0.00970. The summed E-state index contributed by atoms with van der Waals surface area (Å²) in [5.41, 5.74) is -2.12. The van der Waals surface area contributed by atoms with Crippen molar-refractivity contribution >= 4 is 13.7 Å². The molecule has 1 aromatic heterocycles. The Morgan fingerprint density at radius 2 is 1.78 bits per heavy atom. The van der Waals surface area contributed by atoms with Crippen molar-refractivity contribution < 1.29 is 41.7 Å². The van der Waals surface area contributed by atoms with Gasteiger partial charge in [0.05, 0.1) is 25.9 Å². The van der Waals surface area contributed by atoms with E-state index in [1.54, 1.807) is 37.3 Å². The summed E-state index contributed by atoms with van der Waals surface area (Å²) in [6.45, 7) is 0.639. The summed E-state index contributed by atoms with van der Waals surface area (Å²) in [6, 6.07) is 8.22. The molecule has 1 aromatic carbocycles. The van der Waals surface area contributed by atoms with Crippen LogP contribution in [0.2, 0.25) is 0 Å². The van der Waals surface area contributed by atoms with Crippen molar-refractivity contribution in [1.82, 2.24) is 14.6 Å². The van der Waals surface area contributed by atoms with Gasteiger partial charge in [-0.2, -0.15) is 4.39 Å². The molecule has 2 aromatic rings. The zero-order valence-corrected chi connectivity index (χ0v) is 21.8. The first-order valence-corrected chi connectivity index (χ1v) is 12.7. The molecule has 206 valence electrons. The summed E-state index contributed by atoms with van der Waals surface area (Å²) in [5.74, 6) is -1.61. The van der Waals surface area contributed by atoms with Gasteiger partial charge in [-0.15, -0.1) is 0 Å². The minimum Gasteiger partial charge on any atom is -0.458 e. The number of methoxy groups -OCH3 is 3. The maximum absolute atomic E-state index is 13.8. The van der Waals surface area contributed by atoms with Crippen LogP contribution in [0, 0.1) is 5.82 Å². The lowest BCUT2D eigenvalue weighted by Gasteiger charge is -2.28. The fourth-order valence-corrected chi connectivity index (χ4v) is 4.29. The molecule has 13 nitrogen and oxygen atoms in total. The molecule has 1 unspecified atom stereocenters. The van der Waals surface area contributed by atoms with E-state index in [4.69, 9.17) is 28.0 Å². The van der Waals surface area contributed by atoms with Gasteiger partial charge in [-0.3, -0.25) is 23.7 Å². The van der Waals surface area contributed by atoms with Gasteiger partial charge in [-0.05, 0) is 12.1 Å². The molecular weight excluding hydrogens is 516 g/mol. The van der Waals surface area contributed by atoms with E-state index < -0.39 is 62.4 Å². The number of nitrogens with one attached hydrogen (secondary N) is 2. The zero-order valence-electron chi connectivity index (χ0n) is 20.9. The molecule has 0 bridgehead atoms. The standard InChI is InChI=1S/C22H31FN3O10P/c1-5-19(27)35-17(13-26-12-16(23)21(28)25-22(26)29)18(31-2)14-34-37(30,24-11-20(32-3)33-4)36-15-9-7-6-8-10-15/h6-10,12,17-18,20H,5,11,13-14H2,1-4H3,(H,24,30)(H,25,28,29)/t17-,18+,37?/m0/s1. The number of H-pyrrole nitrogens is 1. The summed E-state index contributed by atoms with van der Waals surface area (Å²) in [6.07, 6.45) is -2.38. The molecule has 0 radical (unpaired) electrons. The molecule has 0 fully saturated rings.